The van der Waals surface area contributed by atoms with Crippen LogP contribution in [0.2, 0.25) is 0 Å². The van der Waals surface area contributed by atoms with Gasteiger partial charge in [0.1, 0.15) is 0 Å². The van der Waals surface area contributed by atoms with Crippen molar-refractivity contribution in [2.45, 2.75) is 0 Å². The van der Waals surface area contributed by atoms with Crippen LogP contribution in [0.1, 0.15) is 0 Å². The average molecular weight is 308 g/mol. The Bertz CT molecular complexity index is 172. The molecule has 0 aliphatic carbocycles. The van der Waals surface area contributed by atoms with Gasteiger partial charge in [-0.25, -0.2) is 0 Å². The molecule has 0 aromatic carbocycles. The Labute approximate surface area is 128 Å². The van der Waals surface area contributed by atoms with Gasteiger partial charge in [-0.3, -0.25) is 10.9 Å². The Morgan fingerprint density at radius 3 is 1.48 bits per heavy atom. The smallest absolute Gasteiger partial charge is 0.0701 e. The lowest BCUT2D eigenvalue weighted by Gasteiger charge is -2.09. The normalized spacial score (nSPS) is 11.1. The Kier molecular flexibility index (Phi) is 19.4. The summed E-state index contributed by atoms with van der Waals surface area (Å²) in [6, 6.07) is 0. The molecule has 0 aromatic rings. The first-order valence-electron chi connectivity index (χ1n) is 7.53. The van der Waals surface area contributed by atoms with E-state index in [0.29, 0.717) is 52.8 Å². The van der Waals surface area contributed by atoms with E-state index in [-0.39, 0.29) is 0 Å². The van der Waals surface area contributed by atoms with E-state index in [4.69, 9.17) is 24.7 Å². The van der Waals surface area contributed by atoms with Crippen LogP contribution in [-0.2, 0) is 18.9 Å². The van der Waals surface area contributed by atoms with E-state index in [1.165, 1.54) is 0 Å². The molecule has 0 bridgehead atoms. The molecule has 21 heavy (non-hydrogen) atoms. The van der Waals surface area contributed by atoms with Crippen molar-refractivity contribution in [2.75, 3.05) is 86.1 Å². The molecule has 8 heteroatoms. The first-order chi connectivity index (χ1) is 10.4. The third-order valence-corrected chi connectivity index (χ3v) is 2.37. The largest absolute Gasteiger partial charge is 0.378 e. The Morgan fingerprint density at radius 2 is 1.05 bits per heavy atom. The van der Waals surface area contributed by atoms with Gasteiger partial charge in [0, 0.05) is 26.2 Å². The number of hydrogen-bond acceptors (Lipinski definition) is 8. The van der Waals surface area contributed by atoms with Crippen molar-refractivity contribution in [2.24, 2.45) is 5.73 Å². The molecule has 0 heterocycles. The van der Waals surface area contributed by atoms with E-state index in [2.05, 4.69) is 16.2 Å². The maximum Gasteiger partial charge on any atom is 0.0701 e. The number of hydrazine groups is 1. The standard InChI is InChI=1S/C13H32N4O4/c1-15-3-7-19-12-13-21-9-5-17-16-4-8-20-11-10-18-6-2-14/h15-17H,2-14H2,1H3. The molecule has 0 atom stereocenters. The molecule has 0 aliphatic heterocycles. The highest BCUT2D eigenvalue weighted by atomic mass is 16.5. The molecule has 0 spiro atoms. The second-order valence-corrected chi connectivity index (χ2v) is 4.20. The van der Waals surface area contributed by atoms with E-state index >= 15 is 0 Å². The lowest BCUT2D eigenvalue weighted by atomic mass is 10.6. The van der Waals surface area contributed by atoms with Gasteiger partial charge in [0.15, 0.2) is 0 Å². The van der Waals surface area contributed by atoms with E-state index in [0.717, 1.165) is 26.2 Å². The van der Waals surface area contributed by atoms with E-state index in [9.17, 15) is 0 Å². The summed E-state index contributed by atoms with van der Waals surface area (Å²) in [7, 11) is 1.90. The van der Waals surface area contributed by atoms with Gasteiger partial charge in [0.2, 0.25) is 0 Å². The summed E-state index contributed by atoms with van der Waals surface area (Å²) in [5.41, 5.74) is 11.4. The van der Waals surface area contributed by atoms with Crippen LogP contribution < -0.4 is 21.9 Å². The Hall–Kier alpha value is -0.320. The SMILES string of the molecule is CNCCOCCOCCNNCCOCCOCCN. The fourth-order valence-electron chi connectivity index (χ4n) is 1.32. The number of rotatable bonds is 18. The topological polar surface area (TPSA) is 99.0 Å². The number of ether oxygens (including phenoxy) is 4. The van der Waals surface area contributed by atoms with Crippen molar-refractivity contribution >= 4 is 0 Å². The number of nitrogens with one attached hydrogen (secondary N) is 3. The van der Waals surface area contributed by atoms with Crippen LogP contribution in [0.25, 0.3) is 0 Å². The molecule has 0 saturated carbocycles. The third kappa shape index (κ3) is 19.7. The van der Waals surface area contributed by atoms with Crippen LogP contribution in [0.5, 0.6) is 0 Å². The maximum atomic E-state index is 5.39. The molecule has 0 amide bonds. The highest BCUT2D eigenvalue weighted by molar-refractivity contribution is 4.42. The van der Waals surface area contributed by atoms with Crippen molar-refractivity contribution in [3.8, 4) is 0 Å². The minimum absolute atomic E-state index is 0.551. The summed E-state index contributed by atoms with van der Waals surface area (Å²) >= 11 is 0. The molecule has 8 nitrogen and oxygen atoms in total. The molecule has 5 N–H and O–H groups in total. The van der Waals surface area contributed by atoms with Crippen LogP contribution in [0, 0.1) is 0 Å². The second-order valence-electron chi connectivity index (χ2n) is 4.20. The Morgan fingerprint density at radius 1 is 0.619 bits per heavy atom. The van der Waals surface area contributed by atoms with Crippen LogP contribution in [-0.4, -0.2) is 86.1 Å². The van der Waals surface area contributed by atoms with Gasteiger partial charge in [0.25, 0.3) is 0 Å². The van der Waals surface area contributed by atoms with E-state index in [1.807, 2.05) is 7.05 Å². The zero-order valence-corrected chi connectivity index (χ0v) is 13.2. The minimum atomic E-state index is 0.551. The summed E-state index contributed by atoms with van der Waals surface area (Å²) in [6.07, 6.45) is 0. The van der Waals surface area contributed by atoms with Crippen LogP contribution in [0.4, 0.5) is 0 Å². The molecule has 0 unspecified atom stereocenters. The monoisotopic (exact) mass is 308 g/mol. The van der Waals surface area contributed by atoms with Gasteiger partial charge >= 0.3 is 0 Å². The minimum Gasteiger partial charge on any atom is -0.378 e. The highest BCUT2D eigenvalue weighted by Gasteiger charge is 1.92. The molecule has 0 aliphatic rings. The Balaban J connectivity index is 2.90. The number of hydrogen-bond donors (Lipinski definition) is 4. The van der Waals surface area contributed by atoms with Crippen molar-refractivity contribution in [1.29, 1.82) is 0 Å². The number of nitrogens with two attached hydrogens (primary N) is 1. The zero-order chi connectivity index (χ0) is 15.4. The summed E-state index contributed by atoms with van der Waals surface area (Å²) < 4.78 is 21.2. The van der Waals surface area contributed by atoms with Crippen molar-refractivity contribution in [3.05, 3.63) is 0 Å². The van der Waals surface area contributed by atoms with Gasteiger partial charge in [0.05, 0.1) is 52.9 Å². The summed E-state index contributed by atoms with van der Waals surface area (Å²) in [5, 5.41) is 3.01. The quantitative estimate of drug-likeness (QED) is 0.176. The fourth-order valence-corrected chi connectivity index (χ4v) is 1.32. The molecular formula is C13H32N4O4. The molecule has 0 aromatic heterocycles. The summed E-state index contributed by atoms with van der Waals surface area (Å²) in [5.74, 6) is 0. The lowest BCUT2D eigenvalue weighted by Crippen LogP contribution is -2.37. The second kappa shape index (κ2) is 19.7. The van der Waals surface area contributed by atoms with Crippen molar-refractivity contribution < 1.29 is 18.9 Å². The van der Waals surface area contributed by atoms with Gasteiger partial charge < -0.3 is 30.0 Å². The molecule has 0 radical (unpaired) electrons. The van der Waals surface area contributed by atoms with Crippen LogP contribution in [0.15, 0.2) is 0 Å². The molecule has 0 saturated heterocycles. The van der Waals surface area contributed by atoms with Crippen LogP contribution in [0.3, 0.4) is 0 Å². The van der Waals surface area contributed by atoms with E-state index < -0.39 is 0 Å². The predicted octanol–water partition coefficient (Wildman–Crippen LogP) is -1.67. The first-order valence-corrected chi connectivity index (χ1v) is 7.53. The first kappa shape index (κ1) is 20.7. The molecule has 0 rings (SSSR count). The van der Waals surface area contributed by atoms with Crippen molar-refractivity contribution in [1.82, 2.24) is 16.2 Å². The van der Waals surface area contributed by atoms with Gasteiger partial charge in [-0.1, -0.05) is 0 Å². The fraction of sp³-hybridized carbons (Fsp3) is 1.00. The third-order valence-electron chi connectivity index (χ3n) is 2.37. The van der Waals surface area contributed by atoms with Gasteiger partial charge in [-0.2, -0.15) is 0 Å². The van der Waals surface area contributed by atoms with Gasteiger partial charge in [-0.05, 0) is 7.05 Å². The summed E-state index contributed by atoms with van der Waals surface area (Å²) in [4.78, 5) is 0. The average Bonchev–Trinajstić information content (AvgIpc) is 2.50. The predicted molar refractivity (Wildman–Crippen MR) is 82.3 cm³/mol. The highest BCUT2D eigenvalue weighted by Crippen LogP contribution is 1.78. The zero-order valence-electron chi connectivity index (χ0n) is 13.2. The molecule has 128 valence electrons. The lowest BCUT2D eigenvalue weighted by molar-refractivity contribution is 0.0460. The van der Waals surface area contributed by atoms with Crippen LogP contribution >= 0.6 is 0 Å². The van der Waals surface area contributed by atoms with E-state index in [1.54, 1.807) is 0 Å². The maximum absolute atomic E-state index is 5.39. The molecular weight excluding hydrogens is 276 g/mol. The van der Waals surface area contributed by atoms with Gasteiger partial charge in [-0.15, -0.1) is 0 Å². The van der Waals surface area contributed by atoms with Crippen molar-refractivity contribution in [3.63, 3.8) is 0 Å². The number of likely N-dealkylation sites (N-methyl/N-ethyl adjacent to an activating group) is 1. The molecule has 0 fully saturated rings. The summed E-state index contributed by atoms with van der Waals surface area (Å²) in [6.45, 7) is 7.94.